The smallest absolute Gasteiger partial charge is 0.289 e. The highest BCUT2D eigenvalue weighted by molar-refractivity contribution is 7.89. The molecule has 3 rings (SSSR count). The summed E-state index contributed by atoms with van der Waals surface area (Å²) in [7, 11) is -2.35. The fourth-order valence-electron chi connectivity index (χ4n) is 3.44. The molecular formula is C19H22N2O5S. The molecule has 1 saturated heterocycles. The van der Waals surface area contributed by atoms with Gasteiger partial charge in [-0.25, -0.2) is 8.42 Å². The van der Waals surface area contributed by atoms with Crippen molar-refractivity contribution in [2.45, 2.75) is 30.1 Å². The Balaban J connectivity index is 1.91. The Morgan fingerprint density at radius 2 is 1.81 bits per heavy atom. The van der Waals surface area contributed by atoms with E-state index in [-0.39, 0.29) is 16.5 Å². The minimum Gasteiger partial charge on any atom is -0.497 e. The molecule has 1 unspecified atom stereocenters. The molecule has 27 heavy (non-hydrogen) atoms. The van der Waals surface area contributed by atoms with Crippen LogP contribution in [0.2, 0.25) is 0 Å². The summed E-state index contributed by atoms with van der Waals surface area (Å²) in [6, 6.07) is 13.1. The van der Waals surface area contributed by atoms with Crippen molar-refractivity contribution < 1.29 is 18.1 Å². The van der Waals surface area contributed by atoms with E-state index in [2.05, 4.69) is 0 Å². The van der Waals surface area contributed by atoms with Crippen molar-refractivity contribution >= 4 is 15.7 Å². The van der Waals surface area contributed by atoms with Crippen LogP contribution in [0, 0.1) is 10.1 Å². The van der Waals surface area contributed by atoms with E-state index in [1.165, 1.54) is 28.6 Å². The van der Waals surface area contributed by atoms with Gasteiger partial charge in [0.15, 0.2) is 4.90 Å². The monoisotopic (exact) mass is 390 g/mol. The highest BCUT2D eigenvalue weighted by Crippen LogP contribution is 2.32. The van der Waals surface area contributed by atoms with E-state index in [0.717, 1.165) is 30.6 Å². The van der Waals surface area contributed by atoms with Crippen molar-refractivity contribution in [3.05, 3.63) is 64.2 Å². The zero-order valence-corrected chi connectivity index (χ0v) is 15.9. The van der Waals surface area contributed by atoms with Crippen molar-refractivity contribution in [2.24, 2.45) is 0 Å². The molecule has 1 fully saturated rings. The summed E-state index contributed by atoms with van der Waals surface area (Å²) in [6.45, 7) is 0.668. The van der Waals surface area contributed by atoms with Gasteiger partial charge in [0.1, 0.15) is 5.75 Å². The number of nitrogens with zero attached hydrogens (tertiary/aromatic N) is 2. The van der Waals surface area contributed by atoms with Crippen LogP contribution < -0.4 is 4.74 Å². The highest BCUT2D eigenvalue weighted by atomic mass is 32.2. The van der Waals surface area contributed by atoms with Crippen LogP contribution in [0.25, 0.3) is 0 Å². The van der Waals surface area contributed by atoms with Crippen LogP contribution in [0.15, 0.2) is 53.4 Å². The highest BCUT2D eigenvalue weighted by Gasteiger charge is 2.34. The van der Waals surface area contributed by atoms with Gasteiger partial charge in [-0.3, -0.25) is 10.1 Å². The third-order valence-corrected chi connectivity index (χ3v) is 6.81. The first-order valence-corrected chi connectivity index (χ1v) is 10.2. The Morgan fingerprint density at radius 3 is 2.48 bits per heavy atom. The first-order chi connectivity index (χ1) is 12.9. The molecule has 0 bridgehead atoms. The molecule has 8 heteroatoms. The lowest BCUT2D eigenvalue weighted by atomic mass is 9.94. The van der Waals surface area contributed by atoms with Crippen LogP contribution in [0.4, 0.5) is 5.69 Å². The van der Waals surface area contributed by atoms with E-state index in [4.69, 9.17) is 4.74 Å². The molecular weight excluding hydrogens is 368 g/mol. The topological polar surface area (TPSA) is 89.8 Å². The second-order valence-corrected chi connectivity index (χ2v) is 8.46. The maximum absolute atomic E-state index is 13.1. The van der Waals surface area contributed by atoms with Gasteiger partial charge >= 0.3 is 0 Å². The first-order valence-electron chi connectivity index (χ1n) is 8.81. The number of methoxy groups -OCH3 is 1. The zero-order valence-electron chi connectivity index (χ0n) is 15.1. The van der Waals surface area contributed by atoms with Crippen LogP contribution in [0.1, 0.15) is 30.7 Å². The molecule has 0 spiro atoms. The molecule has 0 aromatic heterocycles. The van der Waals surface area contributed by atoms with Gasteiger partial charge in [-0.1, -0.05) is 30.7 Å². The molecule has 0 saturated carbocycles. The molecule has 2 aromatic carbocycles. The van der Waals surface area contributed by atoms with Crippen LogP contribution in [-0.2, 0) is 10.0 Å². The van der Waals surface area contributed by atoms with E-state index in [1.807, 2.05) is 24.3 Å². The number of benzene rings is 2. The minimum atomic E-state index is -3.95. The maximum Gasteiger partial charge on any atom is 0.289 e. The summed E-state index contributed by atoms with van der Waals surface area (Å²) in [6.07, 6.45) is 2.50. The number of ether oxygens (including phenoxy) is 1. The van der Waals surface area contributed by atoms with Crippen LogP contribution in [0.5, 0.6) is 5.75 Å². The second kappa shape index (κ2) is 8.06. The Labute approximate surface area is 158 Å². The molecule has 0 amide bonds. The fourth-order valence-corrected chi connectivity index (χ4v) is 5.12. The molecule has 2 aromatic rings. The van der Waals surface area contributed by atoms with E-state index in [1.54, 1.807) is 7.11 Å². The molecule has 1 aliphatic rings. The van der Waals surface area contributed by atoms with E-state index >= 15 is 0 Å². The average molecular weight is 390 g/mol. The lowest BCUT2D eigenvalue weighted by molar-refractivity contribution is -0.387. The summed E-state index contributed by atoms with van der Waals surface area (Å²) in [5, 5.41) is 11.3. The predicted octanol–water partition coefficient (Wildman–Crippen LogP) is 3.56. The summed E-state index contributed by atoms with van der Waals surface area (Å²) >= 11 is 0. The Morgan fingerprint density at radius 1 is 1.11 bits per heavy atom. The Hall–Kier alpha value is -2.45. The third kappa shape index (κ3) is 4.12. The molecule has 1 aliphatic heterocycles. The lowest BCUT2D eigenvalue weighted by Crippen LogP contribution is -2.34. The van der Waals surface area contributed by atoms with Gasteiger partial charge in [0, 0.05) is 19.2 Å². The van der Waals surface area contributed by atoms with Crippen molar-refractivity contribution in [3.8, 4) is 5.75 Å². The van der Waals surface area contributed by atoms with Gasteiger partial charge in [0.05, 0.1) is 12.0 Å². The number of rotatable bonds is 5. The zero-order chi connectivity index (χ0) is 19.4. The Kier molecular flexibility index (Phi) is 5.76. The minimum absolute atomic E-state index is 0.0379. The quantitative estimate of drug-likeness (QED) is 0.575. The SMILES string of the molecule is COc1ccc(C2CCCCN(S(=O)(=O)c3ccccc3[N+](=O)[O-])C2)cc1. The van der Waals surface area contributed by atoms with E-state index in [0.29, 0.717) is 13.1 Å². The number of nitro groups is 1. The van der Waals surface area contributed by atoms with Crippen molar-refractivity contribution in [2.75, 3.05) is 20.2 Å². The van der Waals surface area contributed by atoms with Gasteiger partial charge in [-0.15, -0.1) is 0 Å². The summed E-state index contributed by atoms with van der Waals surface area (Å²) in [5.41, 5.74) is 0.656. The van der Waals surface area contributed by atoms with Gasteiger partial charge in [0.25, 0.3) is 5.69 Å². The summed E-state index contributed by atoms with van der Waals surface area (Å²) in [4.78, 5) is 10.4. The first kappa shape index (κ1) is 19.3. The largest absolute Gasteiger partial charge is 0.497 e. The lowest BCUT2D eigenvalue weighted by Gasteiger charge is -2.24. The number of sulfonamides is 1. The van der Waals surface area contributed by atoms with Crippen molar-refractivity contribution in [1.82, 2.24) is 4.31 Å². The molecule has 1 heterocycles. The van der Waals surface area contributed by atoms with Crippen LogP contribution in [0.3, 0.4) is 0 Å². The maximum atomic E-state index is 13.1. The second-order valence-electron chi connectivity index (χ2n) is 6.55. The summed E-state index contributed by atoms with van der Waals surface area (Å²) < 4.78 is 32.9. The van der Waals surface area contributed by atoms with Gasteiger partial charge in [-0.05, 0) is 42.5 Å². The van der Waals surface area contributed by atoms with Crippen molar-refractivity contribution in [3.63, 3.8) is 0 Å². The molecule has 0 N–H and O–H groups in total. The molecule has 7 nitrogen and oxygen atoms in total. The number of hydrogen-bond acceptors (Lipinski definition) is 5. The van der Waals surface area contributed by atoms with Gasteiger partial charge < -0.3 is 4.74 Å². The number of para-hydroxylation sites is 1. The van der Waals surface area contributed by atoms with Gasteiger partial charge in [0.2, 0.25) is 10.0 Å². The predicted molar refractivity (Wildman–Crippen MR) is 101 cm³/mol. The van der Waals surface area contributed by atoms with Gasteiger partial charge in [-0.2, -0.15) is 4.31 Å². The van der Waals surface area contributed by atoms with Crippen LogP contribution >= 0.6 is 0 Å². The normalized spacial score (nSPS) is 18.6. The molecule has 0 aliphatic carbocycles. The van der Waals surface area contributed by atoms with E-state index in [9.17, 15) is 18.5 Å². The number of nitro benzene ring substituents is 1. The average Bonchev–Trinajstić information content (AvgIpc) is 2.95. The third-order valence-electron chi connectivity index (χ3n) is 4.90. The standard InChI is InChI=1S/C19H22N2O5S/c1-26-17-11-9-15(10-12-17)16-6-4-5-13-20(14-16)27(24,25)19-8-3-2-7-18(19)21(22)23/h2-3,7-12,16H,4-6,13-14H2,1H3. The van der Waals surface area contributed by atoms with Crippen molar-refractivity contribution in [1.29, 1.82) is 0 Å². The molecule has 144 valence electrons. The molecule has 1 atom stereocenters. The number of hydrogen-bond donors (Lipinski definition) is 0. The van der Waals surface area contributed by atoms with Crippen LogP contribution in [-0.4, -0.2) is 37.8 Å². The Bertz CT molecular complexity index is 912. The fraction of sp³-hybridized carbons (Fsp3) is 0.368. The molecule has 0 radical (unpaired) electrons. The summed E-state index contributed by atoms with van der Waals surface area (Å²) in [5.74, 6) is 0.785. The van der Waals surface area contributed by atoms with E-state index < -0.39 is 14.9 Å².